The molecule has 0 aliphatic carbocycles. The predicted octanol–water partition coefficient (Wildman–Crippen LogP) is 6.04. The van der Waals surface area contributed by atoms with E-state index in [1.165, 1.54) is 0 Å². The van der Waals surface area contributed by atoms with Crippen molar-refractivity contribution in [2.45, 2.75) is 19.0 Å². The van der Waals surface area contributed by atoms with Crippen LogP contribution in [-0.4, -0.2) is 10.1 Å². The smallest absolute Gasteiger partial charge is 0.174 e. The van der Waals surface area contributed by atoms with Gasteiger partial charge in [-0.15, -0.1) is 11.3 Å². The Bertz CT molecular complexity index is 960. The third-order valence-corrected chi connectivity index (χ3v) is 6.91. The van der Waals surface area contributed by atoms with Gasteiger partial charge in [0.15, 0.2) is 5.11 Å². The number of hydrogen-bond donors (Lipinski definition) is 1. The number of halogens is 2. The molecule has 1 aliphatic rings. The molecule has 3 heterocycles. The van der Waals surface area contributed by atoms with Crippen LogP contribution in [0.1, 0.15) is 28.2 Å². The van der Waals surface area contributed by atoms with E-state index >= 15 is 0 Å². The number of benzene rings is 1. The van der Waals surface area contributed by atoms with E-state index in [1.54, 1.807) is 11.3 Å². The van der Waals surface area contributed by atoms with Gasteiger partial charge in [0.2, 0.25) is 0 Å². The summed E-state index contributed by atoms with van der Waals surface area (Å²) in [6, 6.07) is 16.2. The number of nitrogens with one attached hydrogen (secondary N) is 1. The summed E-state index contributed by atoms with van der Waals surface area (Å²) in [6.07, 6.45) is 1.81. The summed E-state index contributed by atoms with van der Waals surface area (Å²) in [7, 11) is 0. The van der Waals surface area contributed by atoms with Gasteiger partial charge in [-0.3, -0.25) is 4.98 Å². The van der Waals surface area contributed by atoms with E-state index in [0.29, 0.717) is 5.11 Å². The van der Waals surface area contributed by atoms with Crippen LogP contribution in [0.25, 0.3) is 0 Å². The summed E-state index contributed by atoms with van der Waals surface area (Å²) in [5.41, 5.74) is 3.17. The summed E-state index contributed by atoms with van der Waals surface area (Å²) in [5.74, 6) is 0. The molecule has 0 radical (unpaired) electrons. The van der Waals surface area contributed by atoms with Crippen molar-refractivity contribution in [1.82, 2.24) is 10.3 Å². The van der Waals surface area contributed by atoms with E-state index in [-0.39, 0.29) is 12.1 Å². The van der Waals surface area contributed by atoms with Gasteiger partial charge in [0.1, 0.15) is 0 Å². The SMILES string of the molecule is Cc1cc(N2C(=S)NC(c3ccccn3)C2c2ccc(Cl)s2)ccc1Br. The summed E-state index contributed by atoms with van der Waals surface area (Å²) < 4.78 is 1.85. The van der Waals surface area contributed by atoms with Gasteiger partial charge in [0.05, 0.1) is 22.1 Å². The molecule has 1 aromatic carbocycles. The number of rotatable bonds is 3. The van der Waals surface area contributed by atoms with E-state index in [1.807, 2.05) is 30.5 Å². The molecule has 2 atom stereocenters. The van der Waals surface area contributed by atoms with Crippen LogP contribution in [0, 0.1) is 6.92 Å². The monoisotopic (exact) mass is 463 g/mol. The molecular weight excluding hydrogens is 450 g/mol. The van der Waals surface area contributed by atoms with Crippen molar-refractivity contribution in [3.63, 3.8) is 0 Å². The van der Waals surface area contributed by atoms with Gasteiger partial charge in [-0.2, -0.15) is 0 Å². The molecule has 0 bridgehead atoms. The van der Waals surface area contributed by atoms with Crippen molar-refractivity contribution in [1.29, 1.82) is 0 Å². The van der Waals surface area contributed by atoms with Crippen molar-refractivity contribution < 1.29 is 0 Å². The van der Waals surface area contributed by atoms with Crippen LogP contribution >= 0.6 is 51.1 Å². The zero-order valence-electron chi connectivity index (χ0n) is 13.8. The summed E-state index contributed by atoms with van der Waals surface area (Å²) in [5, 5.41) is 4.15. The van der Waals surface area contributed by atoms with Crippen LogP contribution in [0.3, 0.4) is 0 Å². The Morgan fingerprint density at radius 2 is 2.08 bits per heavy atom. The van der Waals surface area contributed by atoms with E-state index in [9.17, 15) is 0 Å². The number of aromatic nitrogens is 1. The minimum Gasteiger partial charge on any atom is -0.351 e. The van der Waals surface area contributed by atoms with Crippen molar-refractivity contribution in [2.75, 3.05) is 4.90 Å². The molecule has 1 aliphatic heterocycles. The first-order valence-electron chi connectivity index (χ1n) is 8.06. The van der Waals surface area contributed by atoms with Crippen LogP contribution in [0.5, 0.6) is 0 Å². The first-order valence-corrected chi connectivity index (χ1v) is 10.5. The highest BCUT2D eigenvalue weighted by Gasteiger charge is 2.41. The Balaban J connectivity index is 1.83. The molecule has 2 aromatic heterocycles. The molecule has 3 nitrogen and oxygen atoms in total. The average Bonchev–Trinajstić information content (AvgIpc) is 3.21. The maximum atomic E-state index is 6.23. The Morgan fingerprint density at radius 1 is 1.23 bits per heavy atom. The lowest BCUT2D eigenvalue weighted by atomic mass is 10.0. The Hall–Kier alpha value is -1.47. The second-order valence-electron chi connectivity index (χ2n) is 6.07. The first-order chi connectivity index (χ1) is 12.5. The normalized spacial score (nSPS) is 19.7. The van der Waals surface area contributed by atoms with Gasteiger partial charge in [0.25, 0.3) is 0 Å². The number of aryl methyl sites for hydroxylation is 1. The lowest BCUT2D eigenvalue weighted by Crippen LogP contribution is -2.29. The van der Waals surface area contributed by atoms with Gasteiger partial charge >= 0.3 is 0 Å². The summed E-state index contributed by atoms with van der Waals surface area (Å²) in [4.78, 5) is 7.87. The van der Waals surface area contributed by atoms with Gasteiger partial charge < -0.3 is 10.2 Å². The first kappa shape index (κ1) is 17.9. The molecule has 132 valence electrons. The second kappa shape index (κ2) is 7.27. The lowest BCUT2D eigenvalue weighted by molar-refractivity contribution is 0.575. The standard InChI is InChI=1S/C19H15BrClN3S2/c1-11-10-12(5-6-13(11)20)24-18(15-7-8-16(21)26-15)17(23-19(24)25)14-4-2-3-9-22-14/h2-10,17-18H,1H3,(H,23,25). The molecule has 2 unspecified atom stereocenters. The number of nitrogens with zero attached hydrogens (tertiary/aromatic N) is 2. The Labute approximate surface area is 175 Å². The highest BCUT2D eigenvalue weighted by molar-refractivity contribution is 9.10. The summed E-state index contributed by atoms with van der Waals surface area (Å²) >= 11 is 17.1. The summed E-state index contributed by atoms with van der Waals surface area (Å²) in [6.45, 7) is 2.08. The molecule has 4 rings (SSSR count). The lowest BCUT2D eigenvalue weighted by Gasteiger charge is -2.27. The molecule has 0 spiro atoms. The molecule has 1 N–H and O–H groups in total. The number of anilines is 1. The van der Waals surface area contributed by atoms with Gasteiger partial charge in [-0.05, 0) is 67.2 Å². The number of thiophene rings is 1. The fraction of sp³-hybridized carbons (Fsp3) is 0.158. The Morgan fingerprint density at radius 3 is 2.73 bits per heavy atom. The van der Waals surface area contributed by atoms with Crippen LogP contribution in [0.4, 0.5) is 5.69 Å². The second-order valence-corrected chi connectivity index (χ2v) is 9.06. The maximum Gasteiger partial charge on any atom is 0.174 e. The van der Waals surface area contributed by atoms with Crippen LogP contribution in [0.2, 0.25) is 4.34 Å². The number of thiocarbonyl (C=S) groups is 1. The third kappa shape index (κ3) is 3.27. The topological polar surface area (TPSA) is 28.2 Å². The minimum atomic E-state index is -0.0395. The van der Waals surface area contributed by atoms with Gasteiger partial charge in [-0.1, -0.05) is 33.6 Å². The molecular formula is C19H15BrClN3S2. The predicted molar refractivity (Wildman–Crippen MR) is 116 cm³/mol. The van der Waals surface area contributed by atoms with Crippen LogP contribution in [0.15, 0.2) is 59.2 Å². The molecule has 1 fully saturated rings. The third-order valence-electron chi connectivity index (χ3n) is 4.40. The highest BCUT2D eigenvalue weighted by Crippen LogP contribution is 2.44. The maximum absolute atomic E-state index is 6.23. The van der Waals surface area contributed by atoms with E-state index < -0.39 is 0 Å². The molecule has 7 heteroatoms. The van der Waals surface area contributed by atoms with Crippen LogP contribution < -0.4 is 10.2 Å². The number of pyridine rings is 1. The van der Waals surface area contributed by atoms with Crippen molar-refractivity contribution >= 4 is 61.9 Å². The number of hydrogen-bond acceptors (Lipinski definition) is 3. The van der Waals surface area contributed by atoms with Crippen molar-refractivity contribution in [2.24, 2.45) is 0 Å². The zero-order valence-corrected chi connectivity index (χ0v) is 17.8. The van der Waals surface area contributed by atoms with Crippen LogP contribution in [-0.2, 0) is 0 Å². The average molecular weight is 465 g/mol. The van der Waals surface area contributed by atoms with Gasteiger partial charge in [0, 0.05) is 21.2 Å². The molecule has 26 heavy (non-hydrogen) atoms. The van der Waals surface area contributed by atoms with Gasteiger partial charge in [-0.25, -0.2) is 0 Å². The molecule has 0 saturated carbocycles. The zero-order chi connectivity index (χ0) is 18.3. The van der Waals surface area contributed by atoms with E-state index in [0.717, 1.165) is 30.6 Å². The Kier molecular flexibility index (Phi) is 5.01. The minimum absolute atomic E-state index is 0.00419. The van der Waals surface area contributed by atoms with E-state index in [2.05, 4.69) is 62.3 Å². The van der Waals surface area contributed by atoms with Crippen molar-refractivity contribution in [3.8, 4) is 0 Å². The molecule has 1 saturated heterocycles. The van der Waals surface area contributed by atoms with Crippen molar-refractivity contribution in [3.05, 3.63) is 79.7 Å². The van der Waals surface area contributed by atoms with E-state index in [4.69, 9.17) is 23.8 Å². The fourth-order valence-electron chi connectivity index (χ4n) is 3.19. The fourth-order valence-corrected chi connectivity index (χ4v) is 4.97. The molecule has 0 amide bonds. The molecule has 3 aromatic rings. The quantitative estimate of drug-likeness (QED) is 0.478. The largest absolute Gasteiger partial charge is 0.351 e. The highest BCUT2D eigenvalue weighted by atomic mass is 79.9.